The highest BCUT2D eigenvalue weighted by Crippen LogP contribution is 2.28. The Morgan fingerprint density at radius 3 is 3.12 bits per heavy atom. The van der Waals surface area contributed by atoms with E-state index >= 15 is 0 Å². The quantitative estimate of drug-likeness (QED) is 0.838. The minimum absolute atomic E-state index is 0.0744. The number of rotatable bonds is 4. The van der Waals surface area contributed by atoms with E-state index in [1.807, 2.05) is 0 Å². The van der Waals surface area contributed by atoms with Gasteiger partial charge in [0, 0.05) is 24.0 Å². The maximum absolute atomic E-state index is 9.20. The largest absolute Gasteiger partial charge is 0.394 e. The van der Waals surface area contributed by atoms with Crippen LogP contribution >= 0.6 is 11.3 Å². The van der Waals surface area contributed by atoms with Crippen LogP contribution in [0.5, 0.6) is 0 Å². The molecule has 1 fully saturated rings. The molecule has 0 aliphatic carbocycles. The number of hydrogen-bond acceptors (Lipinski definition) is 5. The van der Waals surface area contributed by atoms with Crippen LogP contribution < -0.4 is 5.73 Å². The highest BCUT2D eigenvalue weighted by atomic mass is 32.1. The van der Waals surface area contributed by atoms with Gasteiger partial charge in [-0.3, -0.25) is 4.90 Å². The Kier molecular flexibility index (Phi) is 4.53. The van der Waals surface area contributed by atoms with Crippen LogP contribution in [0.1, 0.15) is 17.8 Å². The molecule has 0 spiro atoms. The molecule has 1 aromatic heterocycles. The maximum Gasteiger partial charge on any atom is 0.0933 e. The van der Waals surface area contributed by atoms with Gasteiger partial charge in [0.15, 0.2) is 0 Å². The van der Waals surface area contributed by atoms with E-state index in [1.165, 1.54) is 4.88 Å². The highest BCUT2D eigenvalue weighted by Gasteiger charge is 2.31. The van der Waals surface area contributed by atoms with Gasteiger partial charge in [0.05, 0.1) is 25.4 Å². The van der Waals surface area contributed by atoms with Crippen LogP contribution in [0.4, 0.5) is 0 Å². The lowest BCUT2D eigenvalue weighted by atomic mass is 10.1. The van der Waals surface area contributed by atoms with Gasteiger partial charge in [0.1, 0.15) is 0 Å². The van der Waals surface area contributed by atoms with Gasteiger partial charge in [-0.1, -0.05) is 6.07 Å². The fourth-order valence-electron chi connectivity index (χ4n) is 2.28. The standard InChI is InChI=1S/C12H20N2O2S/c1-9-8-16-10(7-15)6-14(9)11(5-13)12-3-2-4-17-12/h2-4,9-11,15H,5-8,13H2,1H3. The number of nitrogens with two attached hydrogens (primary N) is 1. The van der Waals surface area contributed by atoms with Crippen molar-refractivity contribution in [3.8, 4) is 0 Å². The van der Waals surface area contributed by atoms with Gasteiger partial charge in [-0.05, 0) is 18.4 Å². The van der Waals surface area contributed by atoms with Gasteiger partial charge in [-0.25, -0.2) is 0 Å². The number of nitrogens with zero attached hydrogens (tertiary/aromatic N) is 1. The molecule has 0 amide bonds. The van der Waals surface area contributed by atoms with E-state index in [-0.39, 0.29) is 18.8 Å². The van der Waals surface area contributed by atoms with Gasteiger partial charge in [-0.15, -0.1) is 11.3 Å². The molecule has 2 heterocycles. The number of aliphatic hydroxyl groups excluding tert-OH is 1. The lowest BCUT2D eigenvalue weighted by Crippen LogP contribution is -2.52. The molecule has 3 N–H and O–H groups in total. The summed E-state index contributed by atoms with van der Waals surface area (Å²) in [6.07, 6.45) is -0.0831. The van der Waals surface area contributed by atoms with Crippen LogP contribution in [-0.2, 0) is 4.74 Å². The zero-order chi connectivity index (χ0) is 12.3. The molecule has 0 bridgehead atoms. The number of thiophene rings is 1. The molecule has 1 aromatic rings. The van der Waals surface area contributed by atoms with Crippen molar-refractivity contribution in [1.29, 1.82) is 0 Å². The molecule has 1 aliphatic rings. The molecule has 1 aliphatic heterocycles. The van der Waals surface area contributed by atoms with E-state index in [9.17, 15) is 5.11 Å². The second kappa shape index (κ2) is 5.93. The maximum atomic E-state index is 9.20. The van der Waals surface area contributed by atoms with Crippen LogP contribution in [0.15, 0.2) is 17.5 Å². The van der Waals surface area contributed by atoms with Gasteiger partial charge in [0.25, 0.3) is 0 Å². The zero-order valence-electron chi connectivity index (χ0n) is 10.1. The molecule has 5 heteroatoms. The van der Waals surface area contributed by atoms with Gasteiger partial charge in [0.2, 0.25) is 0 Å². The van der Waals surface area contributed by atoms with E-state index in [0.717, 1.165) is 6.54 Å². The van der Waals surface area contributed by atoms with Crippen molar-refractivity contribution in [3.05, 3.63) is 22.4 Å². The number of hydrogen-bond donors (Lipinski definition) is 2. The molecule has 17 heavy (non-hydrogen) atoms. The van der Waals surface area contributed by atoms with Crippen molar-refractivity contribution in [2.75, 3.05) is 26.3 Å². The Bertz CT molecular complexity index is 331. The Morgan fingerprint density at radius 1 is 1.71 bits per heavy atom. The molecule has 96 valence electrons. The van der Waals surface area contributed by atoms with Crippen molar-refractivity contribution in [2.24, 2.45) is 5.73 Å². The predicted octanol–water partition coefficient (Wildman–Crippen LogP) is 0.830. The first-order valence-corrected chi connectivity index (χ1v) is 6.86. The van der Waals surface area contributed by atoms with Crippen LogP contribution in [0, 0.1) is 0 Å². The first-order valence-electron chi connectivity index (χ1n) is 5.98. The lowest BCUT2D eigenvalue weighted by Gasteiger charge is -2.41. The third kappa shape index (κ3) is 2.86. The summed E-state index contributed by atoms with van der Waals surface area (Å²) < 4.78 is 5.55. The second-order valence-electron chi connectivity index (χ2n) is 4.45. The lowest BCUT2D eigenvalue weighted by molar-refractivity contribution is -0.0903. The number of aliphatic hydroxyl groups is 1. The van der Waals surface area contributed by atoms with Gasteiger partial charge < -0.3 is 15.6 Å². The number of ether oxygens (including phenoxy) is 1. The summed E-state index contributed by atoms with van der Waals surface area (Å²) in [5.41, 5.74) is 5.91. The van der Waals surface area contributed by atoms with E-state index in [4.69, 9.17) is 10.5 Å². The minimum Gasteiger partial charge on any atom is -0.394 e. The summed E-state index contributed by atoms with van der Waals surface area (Å²) in [5, 5.41) is 11.3. The first kappa shape index (κ1) is 13.0. The van der Waals surface area contributed by atoms with Gasteiger partial charge in [-0.2, -0.15) is 0 Å². The summed E-state index contributed by atoms with van der Waals surface area (Å²) in [4.78, 5) is 3.63. The monoisotopic (exact) mass is 256 g/mol. The smallest absolute Gasteiger partial charge is 0.0933 e. The topological polar surface area (TPSA) is 58.7 Å². The van der Waals surface area contributed by atoms with E-state index in [1.54, 1.807) is 11.3 Å². The first-order chi connectivity index (χ1) is 8.26. The summed E-state index contributed by atoms with van der Waals surface area (Å²) >= 11 is 1.74. The SMILES string of the molecule is CC1COC(CO)CN1C(CN)c1cccs1. The molecule has 2 rings (SSSR count). The van der Waals surface area contributed by atoms with Crippen molar-refractivity contribution < 1.29 is 9.84 Å². The van der Waals surface area contributed by atoms with Crippen molar-refractivity contribution in [1.82, 2.24) is 4.90 Å². The van der Waals surface area contributed by atoms with Crippen LogP contribution in [0.2, 0.25) is 0 Å². The summed E-state index contributed by atoms with van der Waals surface area (Å²) in [6.45, 7) is 4.22. The third-order valence-electron chi connectivity index (χ3n) is 3.25. The minimum atomic E-state index is -0.0831. The summed E-state index contributed by atoms with van der Waals surface area (Å²) in [5.74, 6) is 0. The fourth-order valence-corrected chi connectivity index (χ4v) is 3.14. The molecule has 3 unspecified atom stereocenters. The summed E-state index contributed by atoms with van der Waals surface area (Å²) in [6, 6.07) is 4.76. The Balaban J connectivity index is 2.12. The van der Waals surface area contributed by atoms with Crippen LogP contribution in [0.3, 0.4) is 0 Å². The van der Waals surface area contributed by atoms with Crippen molar-refractivity contribution >= 4 is 11.3 Å². The molecule has 0 aromatic carbocycles. The summed E-state index contributed by atoms with van der Waals surface area (Å²) in [7, 11) is 0. The zero-order valence-corrected chi connectivity index (χ0v) is 10.9. The number of morpholine rings is 1. The van der Waals surface area contributed by atoms with Crippen LogP contribution in [-0.4, -0.2) is 48.5 Å². The molecule has 0 saturated carbocycles. The molecular formula is C12H20N2O2S. The average molecular weight is 256 g/mol. The normalized spacial score (nSPS) is 28.2. The van der Waals surface area contributed by atoms with Gasteiger partial charge >= 0.3 is 0 Å². The molecular weight excluding hydrogens is 236 g/mol. The van der Waals surface area contributed by atoms with E-state index in [2.05, 4.69) is 29.3 Å². The third-order valence-corrected chi connectivity index (χ3v) is 4.23. The van der Waals surface area contributed by atoms with Crippen LogP contribution in [0.25, 0.3) is 0 Å². The Morgan fingerprint density at radius 2 is 2.53 bits per heavy atom. The van der Waals surface area contributed by atoms with E-state index in [0.29, 0.717) is 19.2 Å². The second-order valence-corrected chi connectivity index (χ2v) is 5.43. The molecule has 1 saturated heterocycles. The molecule has 4 nitrogen and oxygen atoms in total. The Labute approximate surface area is 106 Å². The highest BCUT2D eigenvalue weighted by molar-refractivity contribution is 7.10. The predicted molar refractivity (Wildman–Crippen MR) is 69.1 cm³/mol. The van der Waals surface area contributed by atoms with E-state index < -0.39 is 0 Å². The average Bonchev–Trinajstić information content (AvgIpc) is 2.86. The van der Waals surface area contributed by atoms with Crippen molar-refractivity contribution in [2.45, 2.75) is 25.1 Å². The Hall–Kier alpha value is -0.460. The van der Waals surface area contributed by atoms with Crippen molar-refractivity contribution in [3.63, 3.8) is 0 Å². The molecule has 0 radical (unpaired) electrons. The molecule has 3 atom stereocenters. The fraction of sp³-hybridized carbons (Fsp3) is 0.667.